The fourth-order valence-electron chi connectivity index (χ4n) is 1.51. The van der Waals surface area contributed by atoms with Gasteiger partial charge in [0, 0.05) is 32.7 Å². The molecule has 7 heteroatoms. The van der Waals surface area contributed by atoms with E-state index in [1.54, 1.807) is 20.9 Å². The normalized spacial score (nSPS) is 22.9. The van der Waals surface area contributed by atoms with Crippen LogP contribution >= 0.6 is 0 Å². The lowest BCUT2D eigenvalue weighted by Gasteiger charge is -2.28. The van der Waals surface area contributed by atoms with E-state index in [0.29, 0.717) is 19.7 Å². The zero-order valence-corrected chi connectivity index (χ0v) is 10.9. The van der Waals surface area contributed by atoms with Gasteiger partial charge in [-0.05, 0) is 13.8 Å². The number of nitrogens with zero attached hydrogens (tertiary/aromatic N) is 1. The lowest BCUT2D eigenvalue weighted by atomic mass is 10.3. The van der Waals surface area contributed by atoms with E-state index in [1.165, 1.54) is 4.31 Å². The lowest BCUT2D eigenvalue weighted by Crippen LogP contribution is -2.49. The number of hydrogen-bond acceptors (Lipinski definition) is 4. The standard InChI is InChI=1S/C9H21N3O3S/c1-8(2)11-16(13,14)12(3)7-9-6-10-4-5-15-9/h8-11H,4-7H2,1-3H3. The van der Waals surface area contributed by atoms with Gasteiger partial charge in [0.2, 0.25) is 0 Å². The molecule has 0 aromatic heterocycles. The maximum atomic E-state index is 11.8. The molecule has 6 nitrogen and oxygen atoms in total. The third-order valence-corrected chi connectivity index (χ3v) is 4.00. The summed E-state index contributed by atoms with van der Waals surface area (Å²) in [4.78, 5) is 0. The van der Waals surface area contributed by atoms with Gasteiger partial charge in [0.1, 0.15) is 0 Å². The van der Waals surface area contributed by atoms with Gasteiger partial charge >= 0.3 is 0 Å². The Labute approximate surface area is 97.5 Å². The Bertz CT molecular complexity index is 299. The van der Waals surface area contributed by atoms with Crippen molar-refractivity contribution < 1.29 is 13.2 Å². The molecule has 2 N–H and O–H groups in total. The SMILES string of the molecule is CC(C)NS(=O)(=O)N(C)CC1CNCCO1. The second-order valence-corrected chi connectivity index (χ2v) is 6.06. The Morgan fingerprint density at radius 2 is 2.25 bits per heavy atom. The Hall–Kier alpha value is -0.210. The molecule has 0 aromatic carbocycles. The highest BCUT2D eigenvalue weighted by atomic mass is 32.2. The van der Waals surface area contributed by atoms with Crippen molar-refractivity contribution in [2.45, 2.75) is 26.0 Å². The smallest absolute Gasteiger partial charge is 0.279 e. The number of morpholine rings is 1. The molecule has 0 saturated carbocycles. The van der Waals surface area contributed by atoms with Gasteiger partial charge in [-0.1, -0.05) is 0 Å². The number of likely N-dealkylation sites (N-methyl/N-ethyl adjacent to an activating group) is 1. The van der Waals surface area contributed by atoms with E-state index in [4.69, 9.17) is 4.74 Å². The van der Waals surface area contributed by atoms with Crippen molar-refractivity contribution in [1.29, 1.82) is 0 Å². The third-order valence-electron chi connectivity index (χ3n) is 2.26. The summed E-state index contributed by atoms with van der Waals surface area (Å²) in [6.45, 7) is 6.12. The van der Waals surface area contributed by atoms with Crippen molar-refractivity contribution in [3.8, 4) is 0 Å². The number of nitrogens with one attached hydrogen (secondary N) is 2. The molecule has 0 spiro atoms. The Balaban J connectivity index is 2.46. The second-order valence-electron chi connectivity index (χ2n) is 4.26. The predicted molar refractivity (Wildman–Crippen MR) is 62.4 cm³/mol. The summed E-state index contributed by atoms with van der Waals surface area (Å²) in [5.74, 6) is 0. The molecule has 1 aliphatic rings. The minimum Gasteiger partial charge on any atom is -0.374 e. The molecular weight excluding hydrogens is 230 g/mol. The third kappa shape index (κ3) is 4.34. The predicted octanol–water partition coefficient (Wildman–Crippen LogP) is -0.851. The van der Waals surface area contributed by atoms with Gasteiger partial charge in [0.05, 0.1) is 12.7 Å². The Kier molecular flexibility index (Phi) is 5.13. The molecule has 1 fully saturated rings. The molecule has 0 radical (unpaired) electrons. The van der Waals surface area contributed by atoms with Gasteiger partial charge in [-0.25, -0.2) is 0 Å². The van der Waals surface area contributed by atoms with Crippen LogP contribution < -0.4 is 10.0 Å². The molecule has 0 bridgehead atoms. The number of hydrogen-bond donors (Lipinski definition) is 2. The van der Waals surface area contributed by atoms with Gasteiger partial charge in [0.25, 0.3) is 10.2 Å². The van der Waals surface area contributed by atoms with Crippen LogP contribution in [0.5, 0.6) is 0 Å². The molecule has 0 amide bonds. The number of rotatable bonds is 5. The van der Waals surface area contributed by atoms with E-state index in [9.17, 15) is 8.42 Å². The second kappa shape index (κ2) is 5.92. The summed E-state index contributed by atoms with van der Waals surface area (Å²) in [5.41, 5.74) is 0. The van der Waals surface area contributed by atoms with E-state index in [1.807, 2.05) is 0 Å². The molecule has 1 unspecified atom stereocenters. The molecule has 1 aliphatic heterocycles. The van der Waals surface area contributed by atoms with Gasteiger partial charge in [-0.3, -0.25) is 0 Å². The Morgan fingerprint density at radius 3 is 2.75 bits per heavy atom. The van der Waals surface area contributed by atoms with Crippen molar-refractivity contribution in [1.82, 2.24) is 14.3 Å². The zero-order valence-electron chi connectivity index (χ0n) is 10.1. The first-order valence-electron chi connectivity index (χ1n) is 5.47. The summed E-state index contributed by atoms with van der Waals surface area (Å²) in [7, 11) is -1.83. The topological polar surface area (TPSA) is 70.7 Å². The van der Waals surface area contributed by atoms with E-state index >= 15 is 0 Å². The largest absolute Gasteiger partial charge is 0.374 e. The maximum Gasteiger partial charge on any atom is 0.279 e. The quantitative estimate of drug-likeness (QED) is 0.668. The van der Waals surface area contributed by atoms with Crippen LogP contribution in [0.4, 0.5) is 0 Å². The molecule has 0 aliphatic carbocycles. The molecule has 0 aromatic rings. The fraction of sp³-hybridized carbons (Fsp3) is 1.00. The molecule has 1 saturated heterocycles. The summed E-state index contributed by atoms with van der Waals surface area (Å²) in [5, 5.41) is 3.17. The summed E-state index contributed by atoms with van der Waals surface area (Å²) in [6.07, 6.45) is -0.0671. The highest BCUT2D eigenvalue weighted by Gasteiger charge is 2.23. The van der Waals surface area contributed by atoms with Crippen molar-refractivity contribution in [3.63, 3.8) is 0 Å². The van der Waals surface area contributed by atoms with Gasteiger partial charge in [-0.15, -0.1) is 0 Å². The van der Waals surface area contributed by atoms with Crippen LogP contribution in [0.2, 0.25) is 0 Å². The highest BCUT2D eigenvalue weighted by molar-refractivity contribution is 7.87. The molecule has 96 valence electrons. The molecule has 16 heavy (non-hydrogen) atoms. The van der Waals surface area contributed by atoms with Crippen LogP contribution in [0.3, 0.4) is 0 Å². The molecular formula is C9H21N3O3S. The van der Waals surface area contributed by atoms with Crippen molar-refractivity contribution in [2.24, 2.45) is 0 Å². The van der Waals surface area contributed by atoms with E-state index in [0.717, 1.165) is 6.54 Å². The molecule has 1 heterocycles. The average Bonchev–Trinajstić information content (AvgIpc) is 2.17. The lowest BCUT2D eigenvalue weighted by molar-refractivity contribution is 0.0204. The van der Waals surface area contributed by atoms with Crippen LogP contribution in [0.25, 0.3) is 0 Å². The first-order chi connectivity index (χ1) is 7.42. The average molecular weight is 251 g/mol. The van der Waals surface area contributed by atoms with E-state index < -0.39 is 10.2 Å². The van der Waals surface area contributed by atoms with Gasteiger partial charge < -0.3 is 10.1 Å². The van der Waals surface area contributed by atoms with Crippen molar-refractivity contribution >= 4 is 10.2 Å². The van der Waals surface area contributed by atoms with Crippen molar-refractivity contribution in [2.75, 3.05) is 33.3 Å². The highest BCUT2D eigenvalue weighted by Crippen LogP contribution is 2.02. The van der Waals surface area contributed by atoms with E-state index in [2.05, 4.69) is 10.0 Å². The fourth-order valence-corrected chi connectivity index (χ4v) is 2.65. The minimum absolute atomic E-state index is 0.0671. The zero-order chi connectivity index (χ0) is 12.2. The van der Waals surface area contributed by atoms with Crippen LogP contribution in [0.1, 0.15) is 13.8 Å². The monoisotopic (exact) mass is 251 g/mol. The molecule has 1 atom stereocenters. The van der Waals surface area contributed by atoms with Gasteiger partial charge in [0.15, 0.2) is 0 Å². The summed E-state index contributed by atoms with van der Waals surface area (Å²) >= 11 is 0. The first-order valence-corrected chi connectivity index (χ1v) is 6.91. The van der Waals surface area contributed by atoms with Crippen LogP contribution in [-0.2, 0) is 14.9 Å². The van der Waals surface area contributed by atoms with Crippen LogP contribution in [0.15, 0.2) is 0 Å². The van der Waals surface area contributed by atoms with Gasteiger partial charge in [-0.2, -0.15) is 17.4 Å². The van der Waals surface area contributed by atoms with Crippen LogP contribution in [-0.4, -0.2) is 58.2 Å². The minimum atomic E-state index is -3.38. The van der Waals surface area contributed by atoms with Crippen molar-refractivity contribution in [3.05, 3.63) is 0 Å². The first kappa shape index (κ1) is 13.9. The Morgan fingerprint density at radius 1 is 1.56 bits per heavy atom. The molecule has 1 rings (SSSR count). The summed E-state index contributed by atoms with van der Waals surface area (Å²) in [6, 6.07) is -0.0992. The van der Waals surface area contributed by atoms with E-state index in [-0.39, 0.29) is 12.1 Å². The summed E-state index contributed by atoms with van der Waals surface area (Å²) < 4.78 is 32.8. The van der Waals surface area contributed by atoms with Crippen LogP contribution in [0, 0.1) is 0 Å². The maximum absolute atomic E-state index is 11.8. The number of ether oxygens (including phenoxy) is 1.